The molecule has 3 rings (SSSR count). The number of rotatable bonds is 2. The molecular weight excluding hydrogens is 232 g/mol. The van der Waals surface area contributed by atoms with Gasteiger partial charge >= 0.3 is 5.69 Å². The van der Waals surface area contributed by atoms with E-state index in [1.54, 1.807) is 12.1 Å². The second-order valence-corrected chi connectivity index (χ2v) is 3.77. The standard InChI is InChI=1S/C12H10N4O2/c1-18-10-6-5-8(15-16-10)7-3-2-4-9-11(7)14-12(17)13-9/h2-6H,1H3,(H2,13,14,17). The number of methoxy groups -OCH3 is 1. The van der Waals surface area contributed by atoms with Crippen LogP contribution in [-0.4, -0.2) is 27.3 Å². The molecular formula is C12H10N4O2. The molecule has 6 nitrogen and oxygen atoms in total. The van der Waals surface area contributed by atoms with Gasteiger partial charge < -0.3 is 14.7 Å². The molecule has 0 spiro atoms. The molecule has 2 heterocycles. The molecule has 2 N–H and O–H groups in total. The molecule has 0 fully saturated rings. The van der Waals surface area contributed by atoms with Crippen molar-refractivity contribution in [3.8, 4) is 17.1 Å². The van der Waals surface area contributed by atoms with Crippen LogP contribution >= 0.6 is 0 Å². The summed E-state index contributed by atoms with van der Waals surface area (Å²) in [5.41, 5.74) is 2.73. The Balaban J connectivity index is 2.20. The number of aromatic nitrogens is 4. The van der Waals surface area contributed by atoms with Crippen molar-refractivity contribution < 1.29 is 4.74 Å². The Labute approximate surface area is 102 Å². The second-order valence-electron chi connectivity index (χ2n) is 3.77. The highest BCUT2D eigenvalue weighted by molar-refractivity contribution is 5.90. The maximum atomic E-state index is 11.3. The van der Waals surface area contributed by atoms with Crippen LogP contribution in [0.1, 0.15) is 0 Å². The van der Waals surface area contributed by atoms with Crippen molar-refractivity contribution >= 4 is 11.0 Å². The van der Waals surface area contributed by atoms with Crippen molar-refractivity contribution in [2.24, 2.45) is 0 Å². The lowest BCUT2D eigenvalue weighted by Gasteiger charge is -2.02. The number of nitrogens with one attached hydrogen (secondary N) is 2. The summed E-state index contributed by atoms with van der Waals surface area (Å²) >= 11 is 0. The highest BCUT2D eigenvalue weighted by Gasteiger charge is 2.08. The van der Waals surface area contributed by atoms with Gasteiger partial charge in [0.1, 0.15) is 0 Å². The SMILES string of the molecule is COc1ccc(-c2cccc3[nH]c(=O)[nH]c23)nn1. The number of aromatic amines is 2. The van der Waals surface area contributed by atoms with Gasteiger partial charge in [0.05, 0.1) is 23.8 Å². The van der Waals surface area contributed by atoms with E-state index in [0.29, 0.717) is 11.6 Å². The van der Waals surface area contributed by atoms with E-state index in [0.717, 1.165) is 16.6 Å². The number of para-hydroxylation sites is 1. The van der Waals surface area contributed by atoms with E-state index in [1.165, 1.54) is 7.11 Å². The lowest BCUT2D eigenvalue weighted by molar-refractivity contribution is 0.392. The summed E-state index contributed by atoms with van der Waals surface area (Å²) < 4.78 is 4.96. The van der Waals surface area contributed by atoms with Crippen LogP contribution in [0.5, 0.6) is 5.88 Å². The van der Waals surface area contributed by atoms with Crippen LogP contribution in [0.4, 0.5) is 0 Å². The molecule has 1 aromatic carbocycles. The molecule has 18 heavy (non-hydrogen) atoms. The van der Waals surface area contributed by atoms with Crippen LogP contribution in [0.15, 0.2) is 35.1 Å². The van der Waals surface area contributed by atoms with Gasteiger partial charge in [-0.05, 0) is 12.1 Å². The van der Waals surface area contributed by atoms with Gasteiger partial charge in [-0.25, -0.2) is 4.79 Å². The zero-order chi connectivity index (χ0) is 12.5. The monoisotopic (exact) mass is 242 g/mol. The number of hydrogen-bond acceptors (Lipinski definition) is 4. The predicted molar refractivity (Wildman–Crippen MR) is 66.5 cm³/mol. The van der Waals surface area contributed by atoms with E-state index in [1.807, 2.05) is 18.2 Å². The maximum absolute atomic E-state index is 11.3. The highest BCUT2D eigenvalue weighted by atomic mass is 16.5. The smallest absolute Gasteiger partial charge is 0.323 e. The number of hydrogen-bond donors (Lipinski definition) is 2. The molecule has 0 amide bonds. The Morgan fingerprint density at radius 2 is 2.00 bits per heavy atom. The Morgan fingerprint density at radius 3 is 2.72 bits per heavy atom. The molecule has 0 unspecified atom stereocenters. The van der Waals surface area contributed by atoms with E-state index < -0.39 is 0 Å². The molecule has 0 saturated heterocycles. The first-order valence-electron chi connectivity index (χ1n) is 5.37. The summed E-state index contributed by atoms with van der Waals surface area (Å²) in [7, 11) is 1.54. The highest BCUT2D eigenvalue weighted by Crippen LogP contribution is 2.24. The van der Waals surface area contributed by atoms with Crippen LogP contribution in [0.3, 0.4) is 0 Å². The van der Waals surface area contributed by atoms with E-state index in [9.17, 15) is 4.79 Å². The normalized spacial score (nSPS) is 10.7. The molecule has 0 radical (unpaired) electrons. The van der Waals surface area contributed by atoms with Crippen LogP contribution in [0, 0.1) is 0 Å². The molecule has 6 heteroatoms. The fraction of sp³-hybridized carbons (Fsp3) is 0.0833. The van der Waals surface area contributed by atoms with Gasteiger partial charge in [-0.1, -0.05) is 12.1 Å². The van der Waals surface area contributed by atoms with Gasteiger partial charge in [-0.15, -0.1) is 10.2 Å². The van der Waals surface area contributed by atoms with Crippen molar-refractivity contribution in [3.05, 3.63) is 40.8 Å². The average molecular weight is 242 g/mol. The zero-order valence-electron chi connectivity index (χ0n) is 9.60. The maximum Gasteiger partial charge on any atom is 0.323 e. The van der Waals surface area contributed by atoms with E-state index in [-0.39, 0.29) is 5.69 Å². The average Bonchev–Trinajstić information content (AvgIpc) is 2.79. The van der Waals surface area contributed by atoms with Crippen molar-refractivity contribution in [3.63, 3.8) is 0 Å². The first kappa shape index (κ1) is 10.5. The molecule has 0 atom stereocenters. The molecule has 0 aliphatic rings. The fourth-order valence-corrected chi connectivity index (χ4v) is 1.84. The minimum Gasteiger partial charge on any atom is -0.480 e. The molecule has 0 aliphatic heterocycles. The van der Waals surface area contributed by atoms with Crippen molar-refractivity contribution in [1.82, 2.24) is 20.2 Å². The van der Waals surface area contributed by atoms with E-state index in [4.69, 9.17) is 4.74 Å². The zero-order valence-corrected chi connectivity index (χ0v) is 9.60. The van der Waals surface area contributed by atoms with Gasteiger partial charge in [-0.2, -0.15) is 0 Å². The van der Waals surface area contributed by atoms with Crippen LogP contribution < -0.4 is 10.4 Å². The number of H-pyrrole nitrogens is 2. The Hall–Kier alpha value is -2.63. The largest absolute Gasteiger partial charge is 0.480 e. The quantitative estimate of drug-likeness (QED) is 0.709. The first-order chi connectivity index (χ1) is 8.78. The second kappa shape index (κ2) is 3.99. The van der Waals surface area contributed by atoms with Gasteiger partial charge in [0.15, 0.2) is 0 Å². The number of imidazole rings is 1. The van der Waals surface area contributed by atoms with Crippen molar-refractivity contribution in [2.45, 2.75) is 0 Å². The molecule has 0 aliphatic carbocycles. The molecule has 3 aromatic rings. The number of benzene rings is 1. The lowest BCUT2D eigenvalue weighted by Crippen LogP contribution is -1.99. The molecule has 0 saturated carbocycles. The van der Waals surface area contributed by atoms with Gasteiger partial charge in [0.2, 0.25) is 5.88 Å². The minimum absolute atomic E-state index is 0.237. The summed E-state index contributed by atoms with van der Waals surface area (Å²) in [6, 6.07) is 9.08. The van der Waals surface area contributed by atoms with Crippen LogP contribution in [0.2, 0.25) is 0 Å². The summed E-state index contributed by atoms with van der Waals surface area (Å²) in [4.78, 5) is 16.8. The minimum atomic E-state index is -0.237. The predicted octanol–water partition coefficient (Wildman–Crippen LogP) is 1.32. The van der Waals surface area contributed by atoms with Crippen molar-refractivity contribution in [2.75, 3.05) is 7.11 Å². The number of ether oxygens (including phenoxy) is 1. The van der Waals surface area contributed by atoms with Crippen LogP contribution in [0.25, 0.3) is 22.3 Å². The number of fused-ring (bicyclic) bond motifs is 1. The summed E-state index contributed by atoms with van der Waals surface area (Å²) in [6.07, 6.45) is 0. The molecule has 90 valence electrons. The van der Waals surface area contributed by atoms with Crippen molar-refractivity contribution in [1.29, 1.82) is 0 Å². The van der Waals surface area contributed by atoms with E-state index in [2.05, 4.69) is 20.2 Å². The molecule has 2 aromatic heterocycles. The lowest BCUT2D eigenvalue weighted by atomic mass is 10.1. The number of nitrogens with zero attached hydrogens (tertiary/aromatic N) is 2. The first-order valence-corrected chi connectivity index (χ1v) is 5.37. The third-order valence-corrected chi connectivity index (χ3v) is 2.68. The molecule has 0 bridgehead atoms. The Kier molecular flexibility index (Phi) is 2.33. The Morgan fingerprint density at radius 1 is 1.11 bits per heavy atom. The summed E-state index contributed by atoms with van der Waals surface area (Å²) in [5, 5.41) is 7.98. The van der Waals surface area contributed by atoms with Gasteiger partial charge in [0, 0.05) is 11.6 Å². The third-order valence-electron chi connectivity index (χ3n) is 2.68. The fourth-order valence-electron chi connectivity index (χ4n) is 1.84. The van der Waals surface area contributed by atoms with E-state index >= 15 is 0 Å². The Bertz CT molecular complexity index is 743. The van der Waals surface area contributed by atoms with Gasteiger partial charge in [0.25, 0.3) is 0 Å². The van der Waals surface area contributed by atoms with Crippen LogP contribution in [-0.2, 0) is 0 Å². The van der Waals surface area contributed by atoms with Gasteiger partial charge in [-0.3, -0.25) is 0 Å². The summed E-state index contributed by atoms with van der Waals surface area (Å²) in [6.45, 7) is 0. The summed E-state index contributed by atoms with van der Waals surface area (Å²) in [5.74, 6) is 0.452. The topological polar surface area (TPSA) is 83.7 Å². The third kappa shape index (κ3) is 1.64.